The molecule has 120 valence electrons. The molecule has 0 saturated heterocycles. The van der Waals surface area contributed by atoms with Crippen molar-refractivity contribution in [3.8, 4) is 0 Å². The van der Waals surface area contributed by atoms with E-state index in [1.54, 1.807) is 0 Å². The molecule has 0 saturated carbocycles. The van der Waals surface area contributed by atoms with E-state index in [0.29, 0.717) is 12.2 Å². The average molecular weight is 314 g/mol. The van der Waals surface area contributed by atoms with Crippen LogP contribution in [0, 0.1) is 5.82 Å². The molecule has 0 spiro atoms. The summed E-state index contributed by atoms with van der Waals surface area (Å²) in [5, 5.41) is 2.62. The summed E-state index contributed by atoms with van der Waals surface area (Å²) in [6.45, 7) is 4.11. The van der Waals surface area contributed by atoms with Crippen molar-refractivity contribution in [1.29, 1.82) is 0 Å². The third-order valence-corrected chi connectivity index (χ3v) is 3.20. The number of amidine groups is 1. The second-order valence-electron chi connectivity index (χ2n) is 4.91. The molecule has 1 amide bonds. The van der Waals surface area contributed by atoms with E-state index in [4.69, 9.17) is 4.74 Å². The number of nitrogens with one attached hydrogen (secondary N) is 1. The molecule has 0 bridgehead atoms. The molecule has 2 aromatic carbocycles. The van der Waals surface area contributed by atoms with E-state index < -0.39 is 11.7 Å². The molecule has 2 aromatic rings. The lowest BCUT2D eigenvalue weighted by atomic mass is 10.1. The number of hydrogen-bond donors (Lipinski definition) is 1. The molecule has 0 aliphatic rings. The predicted molar refractivity (Wildman–Crippen MR) is 87.8 cm³/mol. The van der Waals surface area contributed by atoms with Crippen molar-refractivity contribution in [2.24, 2.45) is 4.99 Å². The quantitative estimate of drug-likeness (QED) is 0.691. The van der Waals surface area contributed by atoms with E-state index in [0.717, 1.165) is 5.56 Å². The second-order valence-corrected chi connectivity index (χ2v) is 4.91. The number of aliphatic imine (C=N–C) groups is 1. The molecular weight excluding hydrogens is 295 g/mol. The van der Waals surface area contributed by atoms with E-state index >= 15 is 0 Å². The summed E-state index contributed by atoms with van der Waals surface area (Å²) in [5.41, 5.74) is 1.35. The molecule has 0 aliphatic heterocycles. The van der Waals surface area contributed by atoms with Gasteiger partial charge in [0.1, 0.15) is 5.82 Å². The smallest absolute Gasteiger partial charge is 0.292 e. The van der Waals surface area contributed by atoms with Gasteiger partial charge in [0.2, 0.25) is 0 Å². The number of halogens is 1. The maximum atomic E-state index is 12.9. The van der Waals surface area contributed by atoms with Crippen LogP contribution in [-0.2, 0) is 4.74 Å². The minimum atomic E-state index is -0.391. The van der Waals surface area contributed by atoms with Gasteiger partial charge in [-0.2, -0.15) is 0 Å². The van der Waals surface area contributed by atoms with Gasteiger partial charge in [-0.15, -0.1) is 0 Å². The number of nitrogens with zero attached hydrogens (tertiary/aromatic N) is 1. The number of amides is 1. The molecule has 23 heavy (non-hydrogen) atoms. The largest absolute Gasteiger partial charge is 0.465 e. The fraction of sp³-hybridized carbons (Fsp3) is 0.222. The van der Waals surface area contributed by atoms with Crippen LogP contribution in [0.1, 0.15) is 35.8 Å². The maximum absolute atomic E-state index is 12.9. The molecule has 5 heteroatoms. The minimum absolute atomic E-state index is 0.151. The fourth-order valence-electron chi connectivity index (χ4n) is 1.99. The summed E-state index contributed by atoms with van der Waals surface area (Å²) in [6.07, 6.45) is 0. The number of ether oxygens (including phenoxy) is 1. The highest BCUT2D eigenvalue weighted by molar-refractivity contribution is 6.04. The van der Waals surface area contributed by atoms with Crippen LogP contribution in [0.4, 0.5) is 4.39 Å². The Morgan fingerprint density at radius 1 is 1.17 bits per heavy atom. The van der Waals surface area contributed by atoms with Crippen LogP contribution in [0.25, 0.3) is 0 Å². The molecule has 0 radical (unpaired) electrons. The normalized spacial score (nSPS) is 12.6. The summed E-state index contributed by atoms with van der Waals surface area (Å²) in [5.74, 6) is -0.782. The van der Waals surface area contributed by atoms with E-state index in [1.807, 2.05) is 44.2 Å². The summed E-state index contributed by atoms with van der Waals surface area (Å²) in [7, 11) is 0. The van der Waals surface area contributed by atoms with Crippen molar-refractivity contribution in [1.82, 2.24) is 5.32 Å². The standard InChI is InChI=1S/C18H19FN2O2/c1-3-23-18(20-13(2)14-7-5-4-6-8-14)21-17(22)15-9-11-16(19)12-10-15/h4-13H,3H2,1-2H3,(H,20,21,22)/t13-/m0/s1. The summed E-state index contributed by atoms with van der Waals surface area (Å²) >= 11 is 0. The highest BCUT2D eigenvalue weighted by Crippen LogP contribution is 2.16. The van der Waals surface area contributed by atoms with Gasteiger partial charge in [-0.25, -0.2) is 9.38 Å². The third-order valence-electron chi connectivity index (χ3n) is 3.20. The Morgan fingerprint density at radius 2 is 1.83 bits per heavy atom. The average Bonchev–Trinajstić information content (AvgIpc) is 2.56. The zero-order chi connectivity index (χ0) is 16.7. The second kappa shape index (κ2) is 8.08. The van der Waals surface area contributed by atoms with E-state index in [2.05, 4.69) is 10.3 Å². The molecular formula is C18H19FN2O2. The van der Waals surface area contributed by atoms with Gasteiger partial charge in [-0.3, -0.25) is 10.1 Å². The van der Waals surface area contributed by atoms with Gasteiger partial charge in [-0.05, 0) is 43.7 Å². The topological polar surface area (TPSA) is 50.7 Å². The lowest BCUT2D eigenvalue weighted by Gasteiger charge is -2.13. The highest BCUT2D eigenvalue weighted by Gasteiger charge is 2.12. The highest BCUT2D eigenvalue weighted by atomic mass is 19.1. The van der Waals surface area contributed by atoms with Gasteiger partial charge >= 0.3 is 0 Å². The van der Waals surface area contributed by atoms with Crippen molar-refractivity contribution in [3.63, 3.8) is 0 Å². The lowest BCUT2D eigenvalue weighted by Crippen LogP contribution is -2.33. The molecule has 1 N–H and O–H groups in total. The van der Waals surface area contributed by atoms with Crippen LogP contribution in [0.15, 0.2) is 59.6 Å². The van der Waals surface area contributed by atoms with Gasteiger partial charge in [0, 0.05) is 5.56 Å². The van der Waals surface area contributed by atoms with Crippen molar-refractivity contribution in [2.75, 3.05) is 6.61 Å². The molecule has 0 aliphatic carbocycles. The monoisotopic (exact) mass is 314 g/mol. The number of carbonyl (C=O) groups excluding carboxylic acids is 1. The van der Waals surface area contributed by atoms with Crippen LogP contribution < -0.4 is 5.32 Å². The first-order valence-electron chi connectivity index (χ1n) is 7.42. The maximum Gasteiger partial charge on any atom is 0.292 e. The van der Waals surface area contributed by atoms with Crippen molar-refractivity contribution >= 4 is 11.9 Å². The summed E-state index contributed by atoms with van der Waals surface area (Å²) in [6, 6.07) is 15.0. The lowest BCUT2D eigenvalue weighted by molar-refractivity contribution is 0.0966. The molecule has 2 rings (SSSR count). The van der Waals surface area contributed by atoms with Crippen LogP contribution in [-0.4, -0.2) is 18.5 Å². The van der Waals surface area contributed by atoms with Gasteiger partial charge in [-0.1, -0.05) is 30.3 Å². The Labute approximate surface area is 135 Å². The number of hydrogen-bond acceptors (Lipinski definition) is 3. The summed E-state index contributed by atoms with van der Waals surface area (Å²) in [4.78, 5) is 16.6. The van der Waals surface area contributed by atoms with E-state index in [-0.39, 0.29) is 12.1 Å². The Balaban J connectivity index is 2.13. The van der Waals surface area contributed by atoms with Gasteiger partial charge in [0.25, 0.3) is 11.9 Å². The SMILES string of the molecule is CCOC(=N[C@@H](C)c1ccccc1)NC(=O)c1ccc(F)cc1. The number of rotatable bonds is 4. The number of carbonyl (C=O) groups is 1. The zero-order valence-electron chi connectivity index (χ0n) is 13.1. The first-order valence-corrected chi connectivity index (χ1v) is 7.42. The fourth-order valence-corrected chi connectivity index (χ4v) is 1.99. The Hall–Kier alpha value is -2.69. The summed E-state index contributed by atoms with van der Waals surface area (Å²) < 4.78 is 18.3. The molecule has 0 unspecified atom stereocenters. The molecule has 0 aromatic heterocycles. The van der Waals surface area contributed by atoms with Gasteiger partial charge < -0.3 is 4.74 Å². The minimum Gasteiger partial charge on any atom is -0.465 e. The Kier molecular flexibility index (Phi) is 5.86. The van der Waals surface area contributed by atoms with E-state index in [9.17, 15) is 9.18 Å². The van der Waals surface area contributed by atoms with E-state index in [1.165, 1.54) is 24.3 Å². The Morgan fingerprint density at radius 3 is 2.43 bits per heavy atom. The van der Waals surface area contributed by atoms with Crippen LogP contribution in [0.3, 0.4) is 0 Å². The van der Waals surface area contributed by atoms with Crippen molar-refractivity contribution < 1.29 is 13.9 Å². The predicted octanol–water partition coefficient (Wildman–Crippen LogP) is 3.71. The van der Waals surface area contributed by atoms with Crippen LogP contribution in [0.2, 0.25) is 0 Å². The third kappa shape index (κ3) is 4.92. The molecule has 4 nitrogen and oxygen atoms in total. The van der Waals surface area contributed by atoms with Crippen molar-refractivity contribution in [2.45, 2.75) is 19.9 Å². The molecule has 0 heterocycles. The molecule has 1 atom stereocenters. The first-order chi connectivity index (χ1) is 11.1. The van der Waals surface area contributed by atoms with Gasteiger partial charge in [0.15, 0.2) is 0 Å². The number of benzene rings is 2. The van der Waals surface area contributed by atoms with Crippen LogP contribution >= 0.6 is 0 Å². The van der Waals surface area contributed by atoms with Gasteiger partial charge in [0.05, 0.1) is 12.6 Å². The first kappa shape index (κ1) is 16.7. The van der Waals surface area contributed by atoms with Crippen LogP contribution in [0.5, 0.6) is 0 Å². The molecule has 0 fully saturated rings. The van der Waals surface area contributed by atoms with Crippen molar-refractivity contribution in [3.05, 3.63) is 71.5 Å². The Bertz CT molecular complexity index is 669. The zero-order valence-corrected chi connectivity index (χ0v) is 13.1.